The van der Waals surface area contributed by atoms with Gasteiger partial charge in [0, 0.05) is 0 Å². The zero-order valence-electron chi connectivity index (χ0n) is 12.7. The second-order valence-corrected chi connectivity index (χ2v) is 5.43. The molecule has 0 aromatic carbocycles. The predicted molar refractivity (Wildman–Crippen MR) is 77.8 cm³/mol. The fourth-order valence-corrected chi connectivity index (χ4v) is 2.26. The molecule has 0 fully saturated rings. The lowest BCUT2D eigenvalue weighted by Gasteiger charge is -2.16. The van der Waals surface area contributed by atoms with Gasteiger partial charge in [-0.05, 0) is 12.8 Å². The molecule has 9 nitrogen and oxygen atoms in total. The van der Waals surface area contributed by atoms with Crippen LogP contribution in [0, 0.1) is 11.8 Å². The van der Waals surface area contributed by atoms with E-state index in [9.17, 15) is 19.2 Å². The van der Waals surface area contributed by atoms with Gasteiger partial charge in [0.25, 0.3) is 0 Å². The van der Waals surface area contributed by atoms with Crippen molar-refractivity contribution in [2.45, 2.75) is 51.0 Å². The molecule has 9 heteroatoms. The second-order valence-electron chi connectivity index (χ2n) is 5.43. The number of hydrogen-bond acceptors (Lipinski definition) is 5. The Bertz CT molecular complexity index is 436. The molecule has 3 unspecified atom stereocenters. The standard InChI is InChI=1S/C14H23NO8/c15-11(14(22)23)9(13(20)21)6-4-2-1-3-5-8(12(18)19)7-10(16)17/h8-9,11H,1-7,15H2,(H,16,17)(H,18,19)(H,20,21)(H,22,23). The molecule has 6 N–H and O–H groups in total. The van der Waals surface area contributed by atoms with Crippen molar-refractivity contribution in [3.63, 3.8) is 0 Å². The fourth-order valence-electron chi connectivity index (χ4n) is 2.26. The van der Waals surface area contributed by atoms with E-state index in [-0.39, 0.29) is 12.8 Å². The highest BCUT2D eigenvalue weighted by atomic mass is 16.4. The van der Waals surface area contributed by atoms with Crippen molar-refractivity contribution < 1.29 is 39.6 Å². The molecule has 0 spiro atoms. The van der Waals surface area contributed by atoms with E-state index in [1.165, 1.54) is 0 Å². The maximum atomic E-state index is 11.0. The van der Waals surface area contributed by atoms with Gasteiger partial charge in [-0.15, -0.1) is 0 Å². The monoisotopic (exact) mass is 333 g/mol. The third kappa shape index (κ3) is 8.77. The minimum Gasteiger partial charge on any atom is -0.481 e. The number of hydrogen-bond donors (Lipinski definition) is 5. The molecule has 0 rings (SSSR count). The van der Waals surface area contributed by atoms with Gasteiger partial charge in [-0.25, -0.2) is 0 Å². The summed E-state index contributed by atoms with van der Waals surface area (Å²) in [7, 11) is 0. The lowest BCUT2D eigenvalue weighted by atomic mass is 9.93. The second kappa shape index (κ2) is 10.5. The smallest absolute Gasteiger partial charge is 0.321 e. The van der Waals surface area contributed by atoms with Gasteiger partial charge in [-0.2, -0.15) is 0 Å². The molecular formula is C14H23NO8. The average Bonchev–Trinajstić information content (AvgIpc) is 2.43. The van der Waals surface area contributed by atoms with Crippen LogP contribution in [-0.2, 0) is 19.2 Å². The van der Waals surface area contributed by atoms with Crippen LogP contribution >= 0.6 is 0 Å². The quantitative estimate of drug-likeness (QED) is 0.302. The van der Waals surface area contributed by atoms with Crippen LogP contribution in [-0.4, -0.2) is 50.3 Å². The van der Waals surface area contributed by atoms with Crippen molar-refractivity contribution in [3.8, 4) is 0 Å². The molecule has 3 atom stereocenters. The summed E-state index contributed by atoms with van der Waals surface area (Å²) in [5.41, 5.74) is 5.32. The third-order valence-corrected chi connectivity index (χ3v) is 3.62. The summed E-state index contributed by atoms with van der Waals surface area (Å²) in [4.78, 5) is 43.1. The summed E-state index contributed by atoms with van der Waals surface area (Å²) in [6.07, 6.45) is 2.10. The minimum atomic E-state index is -1.46. The van der Waals surface area contributed by atoms with Gasteiger partial charge in [-0.1, -0.05) is 25.7 Å². The lowest BCUT2D eigenvalue weighted by Crippen LogP contribution is -2.41. The SMILES string of the molecule is NC(C(=O)O)C(CCCCCCC(CC(=O)O)C(=O)O)C(=O)O. The van der Waals surface area contributed by atoms with Gasteiger partial charge in [-0.3, -0.25) is 19.2 Å². The normalized spacial score (nSPS) is 14.7. The number of carboxylic acids is 4. The Hall–Kier alpha value is -2.16. The highest BCUT2D eigenvalue weighted by molar-refractivity contribution is 5.82. The highest BCUT2D eigenvalue weighted by Crippen LogP contribution is 2.18. The molecule has 0 bridgehead atoms. The Morgan fingerprint density at radius 1 is 0.739 bits per heavy atom. The molecule has 0 aliphatic carbocycles. The molecule has 0 saturated heterocycles. The fraction of sp³-hybridized carbons (Fsp3) is 0.714. The summed E-state index contributed by atoms with van der Waals surface area (Å²) >= 11 is 0. The van der Waals surface area contributed by atoms with E-state index >= 15 is 0 Å². The van der Waals surface area contributed by atoms with Crippen LogP contribution in [0.4, 0.5) is 0 Å². The van der Waals surface area contributed by atoms with Crippen LogP contribution in [0.15, 0.2) is 0 Å². The number of nitrogens with two attached hydrogens (primary N) is 1. The summed E-state index contributed by atoms with van der Waals surface area (Å²) in [5.74, 6) is -7.02. The first kappa shape index (κ1) is 20.8. The van der Waals surface area contributed by atoms with E-state index in [1.54, 1.807) is 0 Å². The molecule has 23 heavy (non-hydrogen) atoms. The van der Waals surface area contributed by atoms with Gasteiger partial charge >= 0.3 is 23.9 Å². The highest BCUT2D eigenvalue weighted by Gasteiger charge is 2.29. The largest absolute Gasteiger partial charge is 0.481 e. The number of unbranched alkanes of at least 4 members (excludes halogenated alkanes) is 3. The number of carboxylic acid groups (broad SMARTS) is 4. The molecule has 0 radical (unpaired) electrons. The molecule has 0 aromatic rings. The summed E-state index contributed by atoms with van der Waals surface area (Å²) in [6, 6.07) is -1.46. The van der Waals surface area contributed by atoms with Crippen LogP contribution in [0.25, 0.3) is 0 Å². The zero-order chi connectivity index (χ0) is 18.0. The van der Waals surface area contributed by atoms with E-state index in [4.69, 9.17) is 26.2 Å². The first-order valence-electron chi connectivity index (χ1n) is 7.32. The van der Waals surface area contributed by atoms with Crippen LogP contribution in [0.5, 0.6) is 0 Å². The summed E-state index contributed by atoms with van der Waals surface area (Å²) < 4.78 is 0. The maximum absolute atomic E-state index is 11.0. The zero-order valence-corrected chi connectivity index (χ0v) is 12.7. The summed E-state index contributed by atoms with van der Waals surface area (Å²) in [5, 5.41) is 35.2. The Labute approximate surface area is 133 Å². The molecule has 0 amide bonds. The summed E-state index contributed by atoms with van der Waals surface area (Å²) in [6.45, 7) is 0. The average molecular weight is 333 g/mol. The Kier molecular flexibility index (Phi) is 9.56. The van der Waals surface area contributed by atoms with Crippen molar-refractivity contribution in [3.05, 3.63) is 0 Å². The van der Waals surface area contributed by atoms with E-state index in [2.05, 4.69) is 0 Å². The van der Waals surface area contributed by atoms with E-state index in [0.29, 0.717) is 25.7 Å². The van der Waals surface area contributed by atoms with Crippen molar-refractivity contribution >= 4 is 23.9 Å². The topological polar surface area (TPSA) is 175 Å². The van der Waals surface area contributed by atoms with E-state index in [0.717, 1.165) is 0 Å². The van der Waals surface area contributed by atoms with Crippen molar-refractivity contribution in [2.24, 2.45) is 17.6 Å². The van der Waals surface area contributed by atoms with Gasteiger partial charge in [0.15, 0.2) is 0 Å². The van der Waals surface area contributed by atoms with Crippen molar-refractivity contribution in [1.82, 2.24) is 0 Å². The number of carbonyl (C=O) groups is 4. The van der Waals surface area contributed by atoms with Gasteiger partial charge in [0.05, 0.1) is 18.3 Å². The molecule has 0 aliphatic heterocycles. The predicted octanol–water partition coefficient (Wildman–Crippen LogP) is 0.615. The van der Waals surface area contributed by atoms with Crippen LogP contribution in [0.2, 0.25) is 0 Å². The third-order valence-electron chi connectivity index (χ3n) is 3.62. The van der Waals surface area contributed by atoms with Crippen LogP contribution in [0.3, 0.4) is 0 Å². The molecule has 0 aromatic heterocycles. The number of rotatable bonds is 13. The Morgan fingerprint density at radius 2 is 1.26 bits per heavy atom. The maximum Gasteiger partial charge on any atom is 0.321 e. The van der Waals surface area contributed by atoms with Gasteiger partial charge in [0.1, 0.15) is 6.04 Å². The van der Waals surface area contributed by atoms with Gasteiger partial charge in [0.2, 0.25) is 0 Å². The molecule has 0 aliphatic rings. The molecule has 0 heterocycles. The first-order valence-corrected chi connectivity index (χ1v) is 7.32. The van der Waals surface area contributed by atoms with Crippen molar-refractivity contribution in [1.29, 1.82) is 0 Å². The van der Waals surface area contributed by atoms with Crippen LogP contribution < -0.4 is 5.73 Å². The molecular weight excluding hydrogens is 310 g/mol. The first-order chi connectivity index (χ1) is 10.7. The van der Waals surface area contributed by atoms with Crippen molar-refractivity contribution in [2.75, 3.05) is 0 Å². The number of aliphatic carboxylic acids is 4. The van der Waals surface area contributed by atoms with E-state index < -0.39 is 48.2 Å². The lowest BCUT2D eigenvalue weighted by molar-refractivity contribution is -0.150. The van der Waals surface area contributed by atoms with Crippen LogP contribution in [0.1, 0.15) is 44.9 Å². The Balaban J connectivity index is 4.06. The molecule has 132 valence electrons. The van der Waals surface area contributed by atoms with E-state index in [1.807, 2.05) is 0 Å². The Morgan fingerprint density at radius 3 is 1.65 bits per heavy atom. The molecule has 0 saturated carbocycles. The minimum absolute atomic E-state index is 0.125. The van der Waals surface area contributed by atoms with Gasteiger partial charge < -0.3 is 26.2 Å².